The van der Waals surface area contributed by atoms with Gasteiger partial charge in [-0.1, -0.05) is 5.16 Å². The molecule has 0 amide bonds. The lowest BCUT2D eigenvalue weighted by molar-refractivity contribution is -0.387. The zero-order chi connectivity index (χ0) is 14.7. The Morgan fingerprint density at radius 1 is 1.45 bits per heavy atom. The molecule has 1 aromatic carbocycles. The molecule has 0 radical (unpaired) electrons. The summed E-state index contributed by atoms with van der Waals surface area (Å²) >= 11 is 0. The normalized spacial score (nSPS) is 10.8. The van der Waals surface area contributed by atoms with Crippen LogP contribution in [0.4, 0.5) is 14.5 Å². The summed E-state index contributed by atoms with van der Waals surface area (Å²) in [5, 5.41) is 16.9. The predicted octanol–water partition coefficient (Wildman–Crippen LogP) is 1.68. The van der Waals surface area contributed by atoms with Crippen molar-refractivity contribution in [2.24, 2.45) is 0 Å². The van der Waals surface area contributed by atoms with Gasteiger partial charge in [-0.15, -0.1) is 0 Å². The van der Waals surface area contributed by atoms with Crippen molar-refractivity contribution in [3.8, 4) is 11.4 Å². The van der Waals surface area contributed by atoms with Gasteiger partial charge >= 0.3 is 5.69 Å². The topological polar surface area (TPSA) is 94.1 Å². The molecule has 1 aromatic heterocycles. The van der Waals surface area contributed by atoms with Crippen molar-refractivity contribution in [2.75, 3.05) is 13.6 Å². The summed E-state index contributed by atoms with van der Waals surface area (Å²) in [6.07, 6.45) is 0.377. The Labute approximate surface area is 111 Å². The molecule has 9 heteroatoms. The molecule has 0 spiro atoms. The van der Waals surface area contributed by atoms with Crippen LogP contribution in [0.5, 0.6) is 0 Å². The Morgan fingerprint density at radius 3 is 2.85 bits per heavy atom. The number of likely N-dealkylation sites (N-methyl/N-ethyl adjacent to an activating group) is 1. The molecule has 0 saturated carbocycles. The van der Waals surface area contributed by atoms with E-state index in [-0.39, 0.29) is 11.7 Å². The third-order valence-electron chi connectivity index (χ3n) is 2.55. The van der Waals surface area contributed by atoms with E-state index >= 15 is 0 Å². The summed E-state index contributed by atoms with van der Waals surface area (Å²) in [7, 11) is 1.72. The summed E-state index contributed by atoms with van der Waals surface area (Å²) < 4.78 is 32.4. The smallest absolute Gasteiger partial charge is 0.305 e. The van der Waals surface area contributed by atoms with Gasteiger partial charge in [-0.2, -0.15) is 9.37 Å². The van der Waals surface area contributed by atoms with Gasteiger partial charge in [0, 0.05) is 19.0 Å². The summed E-state index contributed by atoms with van der Waals surface area (Å²) in [6.45, 7) is 0.543. The lowest BCUT2D eigenvalue weighted by Crippen LogP contribution is -2.10. The molecule has 0 aliphatic rings. The fourth-order valence-electron chi connectivity index (χ4n) is 1.58. The molecule has 0 atom stereocenters. The van der Waals surface area contributed by atoms with E-state index < -0.39 is 27.8 Å². The first kappa shape index (κ1) is 14.0. The second-order valence-corrected chi connectivity index (χ2v) is 3.88. The molecule has 106 valence electrons. The molecule has 0 aliphatic heterocycles. The van der Waals surface area contributed by atoms with Crippen LogP contribution in [-0.4, -0.2) is 28.7 Å². The molecule has 2 rings (SSSR count). The maximum atomic E-state index is 13.9. The van der Waals surface area contributed by atoms with E-state index in [1.54, 1.807) is 7.05 Å². The molecule has 0 fully saturated rings. The number of hydrogen-bond donors (Lipinski definition) is 1. The Balaban J connectivity index is 2.44. The van der Waals surface area contributed by atoms with Gasteiger partial charge in [-0.25, -0.2) is 4.39 Å². The number of nitro groups is 1. The van der Waals surface area contributed by atoms with Crippen LogP contribution in [0.25, 0.3) is 11.4 Å². The monoisotopic (exact) mass is 284 g/mol. The molecule has 2 aromatic rings. The van der Waals surface area contributed by atoms with Gasteiger partial charge < -0.3 is 9.84 Å². The quantitative estimate of drug-likeness (QED) is 0.663. The number of rotatable bonds is 5. The van der Waals surface area contributed by atoms with Crippen LogP contribution in [0.1, 0.15) is 5.89 Å². The fraction of sp³-hybridized carbons (Fsp3) is 0.273. The highest BCUT2D eigenvalue weighted by atomic mass is 19.1. The van der Waals surface area contributed by atoms with Crippen LogP contribution in [0.3, 0.4) is 0 Å². The van der Waals surface area contributed by atoms with Crippen LogP contribution in [0.2, 0.25) is 0 Å². The van der Waals surface area contributed by atoms with Crippen molar-refractivity contribution >= 4 is 5.69 Å². The van der Waals surface area contributed by atoms with Gasteiger partial charge in [-0.3, -0.25) is 10.1 Å². The summed E-state index contributed by atoms with van der Waals surface area (Å²) in [5.74, 6) is -2.49. The molecular formula is C11H10F2N4O3. The summed E-state index contributed by atoms with van der Waals surface area (Å²) in [6, 6.07) is 1.54. The Bertz CT molecular complexity index is 645. The second-order valence-electron chi connectivity index (χ2n) is 3.88. The number of hydrogen-bond acceptors (Lipinski definition) is 6. The molecule has 0 saturated heterocycles. The molecule has 7 nitrogen and oxygen atoms in total. The summed E-state index contributed by atoms with van der Waals surface area (Å²) in [5.41, 5.74) is -1.51. The van der Waals surface area contributed by atoms with E-state index in [0.717, 1.165) is 12.1 Å². The van der Waals surface area contributed by atoms with Gasteiger partial charge in [0.25, 0.3) is 0 Å². The maximum absolute atomic E-state index is 13.9. The molecule has 0 aliphatic carbocycles. The van der Waals surface area contributed by atoms with Crippen molar-refractivity contribution in [3.63, 3.8) is 0 Å². The van der Waals surface area contributed by atoms with Gasteiger partial charge in [0.15, 0.2) is 0 Å². The molecule has 20 heavy (non-hydrogen) atoms. The number of halogens is 2. The Kier molecular flexibility index (Phi) is 3.99. The first-order valence-electron chi connectivity index (χ1n) is 5.64. The largest absolute Gasteiger partial charge is 0.339 e. The summed E-state index contributed by atoms with van der Waals surface area (Å²) in [4.78, 5) is 13.5. The van der Waals surface area contributed by atoms with Gasteiger partial charge in [0.05, 0.1) is 4.92 Å². The maximum Gasteiger partial charge on any atom is 0.305 e. The molecular weight excluding hydrogens is 274 g/mol. The molecule has 1 heterocycles. The van der Waals surface area contributed by atoms with Crippen LogP contribution < -0.4 is 5.32 Å². The number of benzene rings is 1. The van der Waals surface area contributed by atoms with E-state index in [9.17, 15) is 18.9 Å². The van der Waals surface area contributed by atoms with Crippen molar-refractivity contribution in [1.29, 1.82) is 0 Å². The van der Waals surface area contributed by atoms with Crippen LogP contribution in [0.15, 0.2) is 16.7 Å². The van der Waals surface area contributed by atoms with Gasteiger partial charge in [0.1, 0.15) is 11.4 Å². The Morgan fingerprint density at radius 2 is 2.20 bits per heavy atom. The van der Waals surface area contributed by atoms with Crippen LogP contribution in [-0.2, 0) is 6.42 Å². The SMILES string of the molecule is CNCCc1nc(-c2c(F)ccc([N+](=O)[O-])c2F)no1. The van der Waals surface area contributed by atoms with Gasteiger partial charge in [0.2, 0.25) is 17.5 Å². The molecule has 1 N–H and O–H groups in total. The zero-order valence-electron chi connectivity index (χ0n) is 10.4. The van der Waals surface area contributed by atoms with E-state index in [0.29, 0.717) is 13.0 Å². The third kappa shape index (κ3) is 2.62. The number of nitrogens with zero attached hydrogens (tertiary/aromatic N) is 3. The third-order valence-corrected chi connectivity index (χ3v) is 2.55. The highest BCUT2D eigenvalue weighted by molar-refractivity contribution is 5.61. The average molecular weight is 284 g/mol. The first-order chi connectivity index (χ1) is 9.54. The zero-order valence-corrected chi connectivity index (χ0v) is 10.4. The minimum absolute atomic E-state index is 0.180. The van der Waals surface area contributed by atoms with E-state index in [4.69, 9.17) is 4.52 Å². The van der Waals surface area contributed by atoms with Crippen molar-refractivity contribution in [3.05, 3.63) is 39.8 Å². The van der Waals surface area contributed by atoms with Crippen LogP contribution >= 0.6 is 0 Å². The number of aromatic nitrogens is 2. The minimum Gasteiger partial charge on any atom is -0.339 e. The Hall–Kier alpha value is -2.42. The highest BCUT2D eigenvalue weighted by Gasteiger charge is 2.25. The molecule has 0 unspecified atom stereocenters. The van der Waals surface area contributed by atoms with Crippen molar-refractivity contribution < 1.29 is 18.2 Å². The van der Waals surface area contributed by atoms with E-state index in [1.807, 2.05) is 0 Å². The molecule has 0 bridgehead atoms. The number of nitro benzene ring substituents is 1. The van der Waals surface area contributed by atoms with E-state index in [2.05, 4.69) is 15.5 Å². The minimum atomic E-state index is -1.32. The van der Waals surface area contributed by atoms with Crippen LogP contribution in [0, 0.1) is 21.7 Å². The number of nitrogens with one attached hydrogen (secondary N) is 1. The first-order valence-corrected chi connectivity index (χ1v) is 5.64. The van der Waals surface area contributed by atoms with Crippen molar-refractivity contribution in [2.45, 2.75) is 6.42 Å². The lowest BCUT2D eigenvalue weighted by Gasteiger charge is -2.00. The standard InChI is InChI=1S/C11H10F2N4O3/c1-14-5-4-8-15-11(16-20-8)9-6(12)2-3-7(10(9)13)17(18)19/h2-3,14H,4-5H2,1H3. The average Bonchev–Trinajstić information content (AvgIpc) is 2.84. The second kappa shape index (κ2) is 5.70. The van der Waals surface area contributed by atoms with Crippen molar-refractivity contribution in [1.82, 2.24) is 15.5 Å². The van der Waals surface area contributed by atoms with E-state index in [1.165, 1.54) is 0 Å². The predicted molar refractivity (Wildman–Crippen MR) is 63.9 cm³/mol. The highest BCUT2D eigenvalue weighted by Crippen LogP contribution is 2.29. The fourth-order valence-corrected chi connectivity index (χ4v) is 1.58. The van der Waals surface area contributed by atoms with Gasteiger partial charge in [-0.05, 0) is 13.1 Å². The lowest BCUT2D eigenvalue weighted by atomic mass is 10.1.